The fourth-order valence-electron chi connectivity index (χ4n) is 7.30. The Labute approximate surface area is 240 Å². The van der Waals surface area contributed by atoms with Crippen LogP contribution in [0.2, 0.25) is 0 Å². The van der Waals surface area contributed by atoms with Crippen LogP contribution in [0, 0.1) is 13.8 Å². The van der Waals surface area contributed by atoms with Crippen LogP contribution in [0.1, 0.15) is 41.8 Å². The van der Waals surface area contributed by atoms with Crippen LogP contribution in [-0.2, 0) is 17.6 Å². The summed E-state index contributed by atoms with van der Waals surface area (Å²) in [6, 6.07) is 19.3. The van der Waals surface area contributed by atoms with Crippen molar-refractivity contribution in [2.75, 3.05) is 13.2 Å². The van der Waals surface area contributed by atoms with Crippen LogP contribution >= 0.6 is 0 Å². The first kappa shape index (κ1) is 24.9. The van der Waals surface area contributed by atoms with Crippen molar-refractivity contribution in [3.8, 4) is 33.5 Å². The van der Waals surface area contributed by atoms with E-state index >= 15 is 0 Å². The number of aromatic amines is 1. The zero-order valence-corrected chi connectivity index (χ0v) is 23.7. The van der Waals surface area contributed by atoms with E-state index in [1.807, 2.05) is 26.2 Å². The summed E-state index contributed by atoms with van der Waals surface area (Å²) >= 11 is 0. The third-order valence-corrected chi connectivity index (χ3v) is 9.52. The molecule has 3 atom stereocenters. The van der Waals surface area contributed by atoms with Crippen molar-refractivity contribution in [1.82, 2.24) is 24.8 Å². The van der Waals surface area contributed by atoms with E-state index in [9.17, 15) is 0 Å². The molecule has 6 nitrogen and oxygen atoms in total. The van der Waals surface area contributed by atoms with Crippen LogP contribution < -0.4 is 0 Å². The summed E-state index contributed by atoms with van der Waals surface area (Å²) in [6.07, 6.45) is 12.4. The standard InChI is InChI=1S/C35H35N5O/c1-21-16-36-22(2)34(39-21)25-6-4-24(5-7-25)33-18-38-35-32(33)14-28(17-37-35)27-8-3-23-9-11-29(12-10-26(23)13-27)40-19-31-15-30(40)20-41-31/h3-8,13-14,16-18,29-31H,9-12,15,19-20H2,1-2H3,(H,37,38)/t29-,30-,31-/m0/s1. The van der Waals surface area contributed by atoms with Gasteiger partial charge in [0.05, 0.1) is 29.8 Å². The lowest BCUT2D eigenvalue weighted by Gasteiger charge is -2.34. The van der Waals surface area contributed by atoms with Crippen molar-refractivity contribution in [3.05, 3.63) is 89.6 Å². The lowest BCUT2D eigenvalue weighted by atomic mass is 9.96. The van der Waals surface area contributed by atoms with Gasteiger partial charge in [-0.2, -0.15) is 0 Å². The first-order chi connectivity index (χ1) is 20.1. The lowest BCUT2D eigenvalue weighted by molar-refractivity contribution is 0.00854. The average molecular weight is 542 g/mol. The Morgan fingerprint density at radius 2 is 1.63 bits per heavy atom. The van der Waals surface area contributed by atoms with Crippen LogP contribution in [0.15, 0.2) is 67.1 Å². The van der Waals surface area contributed by atoms with Crippen molar-refractivity contribution in [1.29, 1.82) is 0 Å². The second-order valence-corrected chi connectivity index (χ2v) is 12.1. The van der Waals surface area contributed by atoms with Crippen molar-refractivity contribution < 1.29 is 4.74 Å². The SMILES string of the molecule is Cc1cnc(C)c(-c2ccc(-c3c[nH]c4ncc(-c5ccc6c(c5)CC[C@@H](N5C[C@@H]7C[C@H]5CO7)CC6)cc34)cc2)n1. The first-order valence-corrected chi connectivity index (χ1v) is 15.0. The molecule has 2 bridgehead atoms. The first-order valence-electron chi connectivity index (χ1n) is 15.0. The third kappa shape index (κ3) is 4.46. The molecule has 5 aromatic rings. The zero-order valence-electron chi connectivity index (χ0n) is 23.7. The highest BCUT2D eigenvalue weighted by molar-refractivity contribution is 5.96. The van der Waals surface area contributed by atoms with Crippen molar-refractivity contribution in [2.24, 2.45) is 0 Å². The number of morpholine rings is 1. The number of benzene rings is 2. The summed E-state index contributed by atoms with van der Waals surface area (Å²) in [7, 11) is 0. The van der Waals surface area contributed by atoms with E-state index in [0.29, 0.717) is 18.2 Å². The minimum atomic E-state index is 0.475. The third-order valence-electron chi connectivity index (χ3n) is 9.52. The maximum Gasteiger partial charge on any atom is 0.137 e. The molecule has 3 aromatic heterocycles. The Hall–Kier alpha value is -3.87. The number of fused-ring (bicyclic) bond motifs is 4. The Balaban J connectivity index is 1.06. The zero-order chi connectivity index (χ0) is 27.5. The van der Waals surface area contributed by atoms with E-state index in [1.54, 1.807) is 0 Å². The number of aryl methyl sites for hydroxylation is 4. The number of hydrogen-bond donors (Lipinski definition) is 1. The van der Waals surface area contributed by atoms with Gasteiger partial charge in [-0.15, -0.1) is 0 Å². The molecular formula is C35H35N5O. The summed E-state index contributed by atoms with van der Waals surface area (Å²) in [6.45, 7) is 6.05. The second-order valence-electron chi connectivity index (χ2n) is 12.1. The second kappa shape index (κ2) is 9.89. The number of rotatable bonds is 4. The molecule has 206 valence electrons. The molecule has 0 amide bonds. The predicted octanol–water partition coefficient (Wildman–Crippen LogP) is 6.69. The quantitative estimate of drug-likeness (QED) is 0.257. The fourth-order valence-corrected chi connectivity index (χ4v) is 7.30. The van der Waals surface area contributed by atoms with Gasteiger partial charge in [-0.05, 0) is 74.3 Å². The Kier molecular flexibility index (Phi) is 6.01. The number of H-pyrrole nitrogens is 1. The summed E-state index contributed by atoms with van der Waals surface area (Å²) < 4.78 is 5.87. The molecule has 0 saturated carbocycles. The smallest absolute Gasteiger partial charge is 0.137 e. The van der Waals surface area contributed by atoms with Gasteiger partial charge in [0.25, 0.3) is 0 Å². The van der Waals surface area contributed by atoms with Gasteiger partial charge >= 0.3 is 0 Å². The number of likely N-dealkylation sites (tertiary alicyclic amines) is 1. The number of hydrogen-bond acceptors (Lipinski definition) is 5. The van der Waals surface area contributed by atoms with Crippen LogP contribution in [0.25, 0.3) is 44.5 Å². The summed E-state index contributed by atoms with van der Waals surface area (Å²) in [5.74, 6) is 0. The van der Waals surface area contributed by atoms with Crippen LogP contribution in [-0.4, -0.2) is 56.2 Å². The molecule has 2 saturated heterocycles. The average Bonchev–Trinajstić information content (AvgIpc) is 3.71. The topological polar surface area (TPSA) is 66.9 Å². The minimum Gasteiger partial charge on any atom is -0.375 e. The van der Waals surface area contributed by atoms with Gasteiger partial charge in [-0.3, -0.25) is 9.88 Å². The Morgan fingerprint density at radius 3 is 2.44 bits per heavy atom. The van der Waals surface area contributed by atoms with Gasteiger partial charge < -0.3 is 9.72 Å². The molecule has 1 aliphatic carbocycles. The lowest BCUT2D eigenvalue weighted by Crippen LogP contribution is -2.44. The molecular weight excluding hydrogens is 506 g/mol. The maximum absolute atomic E-state index is 5.87. The Bertz CT molecular complexity index is 1760. The fraction of sp³-hybridized carbons (Fsp3) is 0.343. The molecule has 2 aromatic carbocycles. The van der Waals surface area contributed by atoms with E-state index < -0.39 is 0 Å². The molecule has 0 spiro atoms. The molecule has 2 aliphatic heterocycles. The van der Waals surface area contributed by atoms with E-state index in [4.69, 9.17) is 14.7 Å². The molecule has 5 heterocycles. The van der Waals surface area contributed by atoms with Crippen LogP contribution in [0.4, 0.5) is 0 Å². The predicted molar refractivity (Wildman–Crippen MR) is 163 cm³/mol. The van der Waals surface area contributed by atoms with Gasteiger partial charge in [-0.1, -0.05) is 42.5 Å². The number of pyridine rings is 1. The van der Waals surface area contributed by atoms with Gasteiger partial charge in [0, 0.05) is 59.3 Å². The monoisotopic (exact) mass is 541 g/mol. The largest absolute Gasteiger partial charge is 0.375 e. The molecule has 3 aliphatic rings. The number of nitrogens with one attached hydrogen (secondary N) is 1. The molecule has 6 heteroatoms. The molecule has 2 fully saturated rings. The highest BCUT2D eigenvalue weighted by atomic mass is 16.5. The summed E-state index contributed by atoms with van der Waals surface area (Å²) in [5.41, 5.74) is 12.6. The summed E-state index contributed by atoms with van der Waals surface area (Å²) in [4.78, 5) is 20.2. The normalized spacial score (nSPS) is 22.2. The Morgan fingerprint density at radius 1 is 0.829 bits per heavy atom. The van der Waals surface area contributed by atoms with E-state index in [0.717, 1.165) is 70.8 Å². The number of aromatic nitrogens is 4. The highest BCUT2D eigenvalue weighted by Crippen LogP contribution is 2.36. The number of nitrogens with zero attached hydrogens (tertiary/aromatic N) is 4. The highest BCUT2D eigenvalue weighted by Gasteiger charge is 2.42. The molecule has 1 N–H and O–H groups in total. The van der Waals surface area contributed by atoms with Crippen LogP contribution in [0.5, 0.6) is 0 Å². The van der Waals surface area contributed by atoms with Crippen molar-refractivity contribution in [2.45, 2.75) is 64.1 Å². The number of ether oxygens (including phenoxy) is 1. The molecule has 41 heavy (non-hydrogen) atoms. The van der Waals surface area contributed by atoms with Gasteiger partial charge in [0.2, 0.25) is 0 Å². The van der Waals surface area contributed by atoms with Crippen molar-refractivity contribution in [3.63, 3.8) is 0 Å². The van der Waals surface area contributed by atoms with Gasteiger partial charge in [0.1, 0.15) is 5.65 Å². The van der Waals surface area contributed by atoms with E-state index in [-0.39, 0.29) is 0 Å². The van der Waals surface area contributed by atoms with Crippen LogP contribution in [0.3, 0.4) is 0 Å². The van der Waals surface area contributed by atoms with E-state index in [1.165, 1.54) is 41.5 Å². The van der Waals surface area contributed by atoms with Crippen molar-refractivity contribution >= 4 is 11.0 Å². The summed E-state index contributed by atoms with van der Waals surface area (Å²) in [5, 5.41) is 1.14. The maximum atomic E-state index is 5.87. The van der Waals surface area contributed by atoms with E-state index in [2.05, 4.69) is 69.6 Å². The van der Waals surface area contributed by atoms with Gasteiger partial charge in [-0.25, -0.2) is 9.97 Å². The molecule has 0 unspecified atom stereocenters. The van der Waals surface area contributed by atoms with Gasteiger partial charge in [0.15, 0.2) is 0 Å². The molecule has 8 rings (SSSR count). The molecule has 0 radical (unpaired) electrons. The minimum absolute atomic E-state index is 0.475.